The predicted molar refractivity (Wildman–Crippen MR) is 78.5 cm³/mol. The van der Waals surface area contributed by atoms with E-state index in [-0.39, 0.29) is 12.1 Å². The Labute approximate surface area is 121 Å². The Kier molecular flexibility index (Phi) is 4.34. The number of hydrazine groups is 1. The lowest BCUT2D eigenvalue weighted by molar-refractivity contribution is 0.475. The molecule has 102 valence electrons. The molecule has 0 spiro atoms. The lowest BCUT2D eigenvalue weighted by atomic mass is 10.0. The van der Waals surface area contributed by atoms with Gasteiger partial charge >= 0.3 is 0 Å². The maximum absolute atomic E-state index is 5.74. The van der Waals surface area contributed by atoms with E-state index in [9.17, 15) is 0 Å². The summed E-state index contributed by atoms with van der Waals surface area (Å²) in [5.74, 6) is 5.74. The van der Waals surface area contributed by atoms with Gasteiger partial charge in [0.1, 0.15) is 0 Å². The molecule has 1 atom stereocenters. The maximum atomic E-state index is 5.74. The highest BCUT2D eigenvalue weighted by Crippen LogP contribution is 2.29. The minimum Gasteiger partial charge on any atom is -0.271 e. The van der Waals surface area contributed by atoms with Gasteiger partial charge in [-0.2, -0.15) is 5.10 Å². The van der Waals surface area contributed by atoms with Gasteiger partial charge in [0, 0.05) is 18.4 Å². The molecule has 2 heterocycles. The highest BCUT2D eigenvalue weighted by molar-refractivity contribution is 9.10. The van der Waals surface area contributed by atoms with Crippen molar-refractivity contribution in [3.8, 4) is 0 Å². The van der Waals surface area contributed by atoms with E-state index in [2.05, 4.69) is 51.4 Å². The zero-order chi connectivity index (χ0) is 14.0. The van der Waals surface area contributed by atoms with Gasteiger partial charge in [-0.3, -0.25) is 15.5 Å². The highest BCUT2D eigenvalue weighted by Gasteiger charge is 2.22. The number of aromatic nitrogens is 3. The Morgan fingerprint density at radius 3 is 2.63 bits per heavy atom. The van der Waals surface area contributed by atoms with Gasteiger partial charge in [0.25, 0.3) is 0 Å². The van der Waals surface area contributed by atoms with Crippen LogP contribution in [0.3, 0.4) is 0 Å². The first-order valence-electron chi connectivity index (χ1n) is 6.15. The number of aryl methyl sites for hydroxylation is 1. The van der Waals surface area contributed by atoms with Crippen molar-refractivity contribution < 1.29 is 0 Å². The molecule has 0 aromatic carbocycles. The van der Waals surface area contributed by atoms with Crippen LogP contribution in [0.1, 0.15) is 42.8 Å². The zero-order valence-electron chi connectivity index (χ0n) is 11.3. The van der Waals surface area contributed by atoms with Gasteiger partial charge in [-0.25, -0.2) is 5.43 Å². The minimum atomic E-state index is -0.147. The molecule has 6 heteroatoms. The Morgan fingerprint density at radius 1 is 1.32 bits per heavy atom. The summed E-state index contributed by atoms with van der Waals surface area (Å²) >= 11 is 3.54. The average molecular weight is 324 g/mol. The Balaban J connectivity index is 2.51. The standard InChI is InChI=1S/C13H18BrN5/c1-8(2)19-13(11(14)7-17-19)12(18-15)10-4-9(3)5-16-6-10/h4-8,12,18H,15H2,1-3H3. The van der Waals surface area contributed by atoms with Crippen LogP contribution in [0.2, 0.25) is 0 Å². The number of halogens is 1. The molecule has 19 heavy (non-hydrogen) atoms. The molecular weight excluding hydrogens is 306 g/mol. The van der Waals surface area contributed by atoms with E-state index in [0.29, 0.717) is 0 Å². The van der Waals surface area contributed by atoms with Crippen LogP contribution >= 0.6 is 15.9 Å². The van der Waals surface area contributed by atoms with Crippen LogP contribution in [0.25, 0.3) is 0 Å². The van der Waals surface area contributed by atoms with Gasteiger partial charge in [0.15, 0.2) is 0 Å². The van der Waals surface area contributed by atoms with Crippen LogP contribution in [0.5, 0.6) is 0 Å². The van der Waals surface area contributed by atoms with Crippen molar-refractivity contribution in [1.29, 1.82) is 0 Å². The number of hydrogen-bond donors (Lipinski definition) is 2. The van der Waals surface area contributed by atoms with Gasteiger partial charge in [-0.1, -0.05) is 6.07 Å². The van der Waals surface area contributed by atoms with Gasteiger partial charge in [-0.05, 0) is 47.8 Å². The number of pyridine rings is 1. The van der Waals surface area contributed by atoms with E-state index >= 15 is 0 Å². The molecule has 0 amide bonds. The summed E-state index contributed by atoms with van der Waals surface area (Å²) in [6.07, 6.45) is 5.44. The molecule has 0 aliphatic heterocycles. The average Bonchev–Trinajstić information content (AvgIpc) is 2.73. The molecule has 2 rings (SSSR count). The van der Waals surface area contributed by atoms with Gasteiger partial charge < -0.3 is 0 Å². The normalized spacial score (nSPS) is 12.9. The van der Waals surface area contributed by atoms with Crippen molar-refractivity contribution in [2.45, 2.75) is 32.9 Å². The Bertz CT molecular complexity index is 564. The first kappa shape index (κ1) is 14.2. The lowest BCUT2D eigenvalue weighted by Gasteiger charge is -2.20. The van der Waals surface area contributed by atoms with Crippen molar-refractivity contribution in [3.63, 3.8) is 0 Å². The molecule has 2 aromatic heterocycles. The van der Waals surface area contributed by atoms with Crippen molar-refractivity contribution >= 4 is 15.9 Å². The molecule has 0 bridgehead atoms. The third-order valence-corrected chi connectivity index (χ3v) is 3.56. The molecule has 2 aromatic rings. The predicted octanol–water partition coefficient (Wildman–Crippen LogP) is 2.48. The van der Waals surface area contributed by atoms with Crippen molar-refractivity contribution in [2.24, 2.45) is 5.84 Å². The molecular formula is C13H18BrN5. The zero-order valence-corrected chi connectivity index (χ0v) is 12.8. The van der Waals surface area contributed by atoms with E-state index in [1.807, 2.05) is 24.0 Å². The SMILES string of the molecule is Cc1cncc(C(NN)c2c(Br)cnn2C(C)C)c1. The van der Waals surface area contributed by atoms with Crippen LogP contribution in [0.15, 0.2) is 29.1 Å². The monoisotopic (exact) mass is 323 g/mol. The summed E-state index contributed by atoms with van der Waals surface area (Å²) in [6, 6.07) is 2.18. The fourth-order valence-corrected chi connectivity index (χ4v) is 2.60. The van der Waals surface area contributed by atoms with Crippen LogP contribution in [0, 0.1) is 6.92 Å². The summed E-state index contributed by atoms with van der Waals surface area (Å²) < 4.78 is 2.89. The lowest BCUT2D eigenvalue weighted by Crippen LogP contribution is -2.31. The first-order valence-corrected chi connectivity index (χ1v) is 6.94. The Hall–Kier alpha value is -1.24. The molecule has 0 saturated heterocycles. The third-order valence-electron chi connectivity index (χ3n) is 2.95. The van der Waals surface area contributed by atoms with E-state index in [1.54, 1.807) is 6.20 Å². The minimum absolute atomic E-state index is 0.147. The van der Waals surface area contributed by atoms with Crippen molar-refractivity contribution in [3.05, 3.63) is 46.0 Å². The van der Waals surface area contributed by atoms with E-state index in [4.69, 9.17) is 5.84 Å². The van der Waals surface area contributed by atoms with E-state index in [0.717, 1.165) is 21.3 Å². The number of hydrogen-bond acceptors (Lipinski definition) is 4. The fraction of sp³-hybridized carbons (Fsp3) is 0.385. The molecule has 0 aliphatic carbocycles. The molecule has 0 fully saturated rings. The molecule has 0 aliphatic rings. The fourth-order valence-electron chi connectivity index (χ4n) is 2.10. The largest absolute Gasteiger partial charge is 0.271 e. The number of nitrogens with one attached hydrogen (secondary N) is 1. The third kappa shape index (κ3) is 2.86. The van der Waals surface area contributed by atoms with Gasteiger partial charge in [0.2, 0.25) is 0 Å². The summed E-state index contributed by atoms with van der Waals surface area (Å²) in [5.41, 5.74) is 5.98. The molecule has 5 nitrogen and oxygen atoms in total. The summed E-state index contributed by atoms with van der Waals surface area (Å²) in [5, 5.41) is 4.39. The number of nitrogens with zero attached hydrogens (tertiary/aromatic N) is 3. The second kappa shape index (κ2) is 5.81. The summed E-state index contributed by atoms with van der Waals surface area (Å²) in [7, 11) is 0. The number of nitrogens with two attached hydrogens (primary N) is 1. The first-order chi connectivity index (χ1) is 9.04. The topological polar surface area (TPSA) is 68.8 Å². The molecule has 1 unspecified atom stereocenters. The smallest absolute Gasteiger partial charge is 0.0904 e. The van der Waals surface area contributed by atoms with Gasteiger partial charge in [-0.15, -0.1) is 0 Å². The highest BCUT2D eigenvalue weighted by atomic mass is 79.9. The Morgan fingerprint density at radius 2 is 2.05 bits per heavy atom. The maximum Gasteiger partial charge on any atom is 0.0904 e. The van der Waals surface area contributed by atoms with Crippen LogP contribution < -0.4 is 11.3 Å². The van der Waals surface area contributed by atoms with Crippen molar-refractivity contribution in [2.75, 3.05) is 0 Å². The second-order valence-electron chi connectivity index (χ2n) is 4.81. The van der Waals surface area contributed by atoms with Crippen LogP contribution in [-0.2, 0) is 0 Å². The summed E-state index contributed by atoms with van der Waals surface area (Å²) in [4.78, 5) is 4.23. The van der Waals surface area contributed by atoms with Crippen molar-refractivity contribution in [1.82, 2.24) is 20.2 Å². The molecule has 0 radical (unpaired) electrons. The molecule has 0 saturated carbocycles. The number of rotatable bonds is 4. The molecule has 3 N–H and O–H groups in total. The summed E-state index contributed by atoms with van der Waals surface area (Å²) in [6.45, 7) is 6.19. The van der Waals surface area contributed by atoms with Gasteiger partial charge in [0.05, 0.1) is 22.4 Å². The van der Waals surface area contributed by atoms with Crippen LogP contribution in [-0.4, -0.2) is 14.8 Å². The van der Waals surface area contributed by atoms with E-state index < -0.39 is 0 Å². The second-order valence-corrected chi connectivity index (χ2v) is 5.67. The van der Waals surface area contributed by atoms with E-state index in [1.165, 1.54) is 0 Å². The van der Waals surface area contributed by atoms with Crippen LogP contribution in [0.4, 0.5) is 0 Å². The quantitative estimate of drug-likeness (QED) is 0.670.